The van der Waals surface area contributed by atoms with Crippen LogP contribution in [-0.4, -0.2) is 45.6 Å². The minimum Gasteiger partial charge on any atom is -0.461 e. The molecule has 1 aliphatic rings. The van der Waals surface area contributed by atoms with Crippen molar-refractivity contribution in [3.8, 4) is 6.01 Å². The molecule has 1 aromatic rings. The van der Waals surface area contributed by atoms with Gasteiger partial charge in [0.25, 0.3) is 0 Å². The Labute approximate surface area is 122 Å². The molecule has 0 atom stereocenters. The number of halogens is 1. The number of ether oxygens (including phenoxy) is 1. The van der Waals surface area contributed by atoms with Crippen LogP contribution in [0.25, 0.3) is 0 Å². The van der Waals surface area contributed by atoms with Gasteiger partial charge in [-0.25, -0.2) is 0 Å². The topological polar surface area (TPSA) is 80.2 Å². The van der Waals surface area contributed by atoms with Gasteiger partial charge in [-0.05, 0) is 39.3 Å². The van der Waals surface area contributed by atoms with E-state index in [0.717, 1.165) is 0 Å². The molecule has 110 valence electrons. The molecule has 0 spiro atoms. The third kappa shape index (κ3) is 2.92. The summed E-state index contributed by atoms with van der Waals surface area (Å²) in [5.41, 5.74) is -0.752. The zero-order valence-electron chi connectivity index (χ0n) is 12.0. The van der Waals surface area contributed by atoms with Crippen LogP contribution >= 0.6 is 11.6 Å². The van der Waals surface area contributed by atoms with Crippen LogP contribution in [0.15, 0.2) is 0 Å². The Morgan fingerprint density at radius 3 is 2.70 bits per heavy atom. The van der Waals surface area contributed by atoms with E-state index in [0.29, 0.717) is 19.0 Å². The highest BCUT2D eigenvalue weighted by Gasteiger charge is 2.39. The zero-order valence-corrected chi connectivity index (χ0v) is 12.7. The summed E-state index contributed by atoms with van der Waals surface area (Å²) < 4.78 is 5.45. The van der Waals surface area contributed by atoms with Gasteiger partial charge < -0.3 is 15.0 Å². The molecule has 1 saturated heterocycles. The van der Waals surface area contributed by atoms with Gasteiger partial charge in [-0.1, -0.05) is 0 Å². The molecule has 0 radical (unpaired) electrons. The number of piperazine rings is 1. The van der Waals surface area contributed by atoms with Crippen molar-refractivity contribution in [3.63, 3.8) is 0 Å². The maximum atomic E-state index is 12.0. The van der Waals surface area contributed by atoms with Gasteiger partial charge in [0, 0.05) is 13.1 Å². The van der Waals surface area contributed by atoms with Crippen LogP contribution in [0.4, 0.5) is 5.95 Å². The molecule has 20 heavy (non-hydrogen) atoms. The lowest BCUT2D eigenvalue weighted by atomic mass is 10.00. The fourth-order valence-electron chi connectivity index (χ4n) is 1.96. The minimum atomic E-state index is -0.752. The Kier molecular flexibility index (Phi) is 3.99. The van der Waals surface area contributed by atoms with Gasteiger partial charge in [0.1, 0.15) is 5.54 Å². The maximum absolute atomic E-state index is 12.0. The molecular formula is C12H18ClN5O2. The number of hydrogen-bond donors (Lipinski definition) is 1. The first-order chi connectivity index (χ1) is 9.30. The summed E-state index contributed by atoms with van der Waals surface area (Å²) in [6.45, 7) is 8.49. The molecule has 1 fully saturated rings. The van der Waals surface area contributed by atoms with Crippen molar-refractivity contribution < 1.29 is 9.53 Å². The molecule has 0 saturated carbocycles. The summed E-state index contributed by atoms with van der Waals surface area (Å²) in [6.07, 6.45) is -0.0704. The number of hydrogen-bond acceptors (Lipinski definition) is 6. The lowest BCUT2D eigenvalue weighted by Crippen LogP contribution is -2.62. The Morgan fingerprint density at radius 1 is 1.35 bits per heavy atom. The Balaban J connectivity index is 2.36. The average molecular weight is 300 g/mol. The number of aromatic nitrogens is 3. The monoisotopic (exact) mass is 299 g/mol. The Hall–Kier alpha value is -1.63. The lowest BCUT2D eigenvalue weighted by Gasteiger charge is -2.41. The number of carbonyl (C=O) groups excluding carboxylic acids is 1. The molecule has 8 heteroatoms. The highest BCUT2D eigenvalue weighted by molar-refractivity contribution is 6.28. The summed E-state index contributed by atoms with van der Waals surface area (Å²) in [5.74, 6) is 0.270. The van der Waals surface area contributed by atoms with E-state index in [1.807, 2.05) is 27.7 Å². The predicted octanol–water partition coefficient (Wildman–Crippen LogP) is 1.03. The van der Waals surface area contributed by atoms with Gasteiger partial charge in [0.2, 0.25) is 17.1 Å². The molecule has 2 heterocycles. The highest BCUT2D eigenvalue weighted by atomic mass is 35.5. The van der Waals surface area contributed by atoms with Crippen molar-refractivity contribution >= 4 is 23.5 Å². The highest BCUT2D eigenvalue weighted by Crippen LogP contribution is 2.25. The fourth-order valence-corrected chi connectivity index (χ4v) is 2.10. The van der Waals surface area contributed by atoms with Gasteiger partial charge in [-0.2, -0.15) is 15.0 Å². The second kappa shape index (κ2) is 5.40. The van der Waals surface area contributed by atoms with Crippen LogP contribution in [0, 0.1) is 0 Å². The van der Waals surface area contributed by atoms with Gasteiger partial charge in [0.05, 0.1) is 6.10 Å². The fraction of sp³-hybridized carbons (Fsp3) is 0.667. The largest absolute Gasteiger partial charge is 0.461 e. The first-order valence-electron chi connectivity index (χ1n) is 6.45. The number of nitrogens with one attached hydrogen (secondary N) is 1. The van der Waals surface area contributed by atoms with Crippen molar-refractivity contribution in [2.75, 3.05) is 18.0 Å². The smallest absolute Gasteiger partial charge is 0.322 e. The third-order valence-corrected chi connectivity index (χ3v) is 3.18. The molecule has 0 aliphatic carbocycles. The van der Waals surface area contributed by atoms with Crippen molar-refractivity contribution in [2.45, 2.75) is 39.3 Å². The van der Waals surface area contributed by atoms with Crippen molar-refractivity contribution in [2.24, 2.45) is 0 Å². The molecule has 2 rings (SSSR count). The molecule has 1 aromatic heterocycles. The standard InChI is InChI=1S/C12H18ClN5O2/c1-7(2)20-11-16-9(13)15-10(17-11)18-6-5-14-8(19)12(18,3)4/h7H,5-6H2,1-4H3,(H,14,19). The first kappa shape index (κ1) is 14.8. The van der Waals surface area contributed by atoms with Crippen molar-refractivity contribution in [3.05, 3.63) is 5.28 Å². The third-order valence-electron chi connectivity index (χ3n) is 3.01. The Bertz CT molecular complexity index is 521. The van der Waals surface area contributed by atoms with Crippen molar-refractivity contribution in [1.29, 1.82) is 0 Å². The number of carbonyl (C=O) groups is 1. The van der Waals surface area contributed by atoms with E-state index in [2.05, 4.69) is 20.3 Å². The second-order valence-corrected chi connectivity index (χ2v) is 5.66. The molecule has 0 unspecified atom stereocenters. The summed E-state index contributed by atoms with van der Waals surface area (Å²) in [6, 6.07) is 0.164. The lowest BCUT2D eigenvalue weighted by molar-refractivity contribution is -0.126. The minimum absolute atomic E-state index is 0.0485. The maximum Gasteiger partial charge on any atom is 0.322 e. The van der Waals surface area contributed by atoms with Crippen LogP contribution in [-0.2, 0) is 4.79 Å². The van der Waals surface area contributed by atoms with E-state index in [9.17, 15) is 4.79 Å². The van der Waals surface area contributed by atoms with E-state index >= 15 is 0 Å². The van der Waals surface area contributed by atoms with E-state index in [-0.39, 0.29) is 23.3 Å². The van der Waals surface area contributed by atoms with Crippen LogP contribution < -0.4 is 15.0 Å². The van der Waals surface area contributed by atoms with Crippen LogP contribution in [0.2, 0.25) is 5.28 Å². The van der Waals surface area contributed by atoms with Crippen LogP contribution in [0.1, 0.15) is 27.7 Å². The van der Waals surface area contributed by atoms with E-state index < -0.39 is 5.54 Å². The van der Waals surface area contributed by atoms with Crippen molar-refractivity contribution in [1.82, 2.24) is 20.3 Å². The second-order valence-electron chi connectivity index (χ2n) is 5.32. The van der Waals surface area contributed by atoms with E-state index in [4.69, 9.17) is 16.3 Å². The van der Waals surface area contributed by atoms with Gasteiger partial charge in [-0.15, -0.1) is 0 Å². The van der Waals surface area contributed by atoms with Gasteiger partial charge in [0.15, 0.2) is 0 Å². The average Bonchev–Trinajstić information content (AvgIpc) is 2.30. The summed E-state index contributed by atoms with van der Waals surface area (Å²) in [5, 5.41) is 2.87. The molecule has 0 bridgehead atoms. The normalized spacial score (nSPS) is 18.1. The number of rotatable bonds is 3. The number of amides is 1. The molecule has 1 amide bonds. The van der Waals surface area contributed by atoms with E-state index in [1.165, 1.54) is 0 Å². The van der Waals surface area contributed by atoms with E-state index in [1.54, 1.807) is 4.90 Å². The molecule has 1 N–H and O–H groups in total. The Morgan fingerprint density at radius 2 is 2.05 bits per heavy atom. The first-order valence-corrected chi connectivity index (χ1v) is 6.82. The summed E-state index contributed by atoms with van der Waals surface area (Å²) in [7, 11) is 0. The SMILES string of the molecule is CC(C)Oc1nc(Cl)nc(N2CCNC(=O)C2(C)C)n1. The van der Waals surface area contributed by atoms with Crippen LogP contribution in [0.3, 0.4) is 0 Å². The van der Waals surface area contributed by atoms with Gasteiger partial charge >= 0.3 is 6.01 Å². The number of nitrogens with zero attached hydrogens (tertiary/aromatic N) is 4. The molecular weight excluding hydrogens is 282 g/mol. The van der Waals surface area contributed by atoms with Crippen LogP contribution in [0.5, 0.6) is 6.01 Å². The predicted molar refractivity (Wildman–Crippen MR) is 75.0 cm³/mol. The quantitative estimate of drug-likeness (QED) is 0.898. The molecule has 0 aromatic carbocycles. The molecule has 1 aliphatic heterocycles. The zero-order chi connectivity index (χ0) is 14.9. The summed E-state index contributed by atoms with van der Waals surface area (Å²) >= 11 is 5.91. The number of anilines is 1. The summed E-state index contributed by atoms with van der Waals surface area (Å²) in [4.78, 5) is 26.0. The van der Waals surface area contributed by atoms with Gasteiger partial charge in [-0.3, -0.25) is 4.79 Å². The molecule has 7 nitrogen and oxygen atoms in total.